The average Bonchev–Trinajstić information content (AvgIpc) is 2.71. The molecule has 0 unspecified atom stereocenters. The zero-order valence-corrected chi connectivity index (χ0v) is 11.0. The number of carbonyl (C=O) groups is 1. The van der Waals surface area contributed by atoms with Crippen molar-refractivity contribution in [1.82, 2.24) is 9.78 Å². The Bertz CT molecular complexity index is 650. The third-order valence-electron chi connectivity index (χ3n) is 2.65. The second kappa shape index (κ2) is 5.40. The van der Waals surface area contributed by atoms with Crippen molar-refractivity contribution in [3.05, 3.63) is 47.3 Å². The number of benzene rings is 1. The van der Waals surface area contributed by atoms with E-state index in [1.807, 2.05) is 38.1 Å². The molecule has 2 aromatic rings. The van der Waals surface area contributed by atoms with Gasteiger partial charge in [-0.25, -0.2) is 4.68 Å². The summed E-state index contributed by atoms with van der Waals surface area (Å²) >= 11 is 0. The van der Waals surface area contributed by atoms with Crippen molar-refractivity contribution in [3.63, 3.8) is 0 Å². The van der Waals surface area contributed by atoms with Crippen LogP contribution in [0.1, 0.15) is 21.7 Å². The Morgan fingerprint density at radius 3 is 2.89 bits per heavy atom. The van der Waals surface area contributed by atoms with Gasteiger partial charge in [-0.3, -0.25) is 4.79 Å². The van der Waals surface area contributed by atoms with Crippen molar-refractivity contribution in [3.8, 4) is 12.3 Å². The maximum Gasteiger partial charge on any atom is 0.273 e. The van der Waals surface area contributed by atoms with Crippen molar-refractivity contribution in [2.24, 2.45) is 0 Å². The van der Waals surface area contributed by atoms with Gasteiger partial charge in [0, 0.05) is 5.69 Å². The summed E-state index contributed by atoms with van der Waals surface area (Å²) in [6.07, 6.45) is 5.27. The Labute approximate surface area is 112 Å². The first-order valence-electron chi connectivity index (χ1n) is 5.96. The maximum absolute atomic E-state index is 12.2. The minimum atomic E-state index is -0.207. The largest absolute Gasteiger partial charge is 0.321 e. The van der Waals surface area contributed by atoms with Gasteiger partial charge in [0.1, 0.15) is 12.2 Å². The summed E-state index contributed by atoms with van der Waals surface area (Å²) in [5.74, 6) is 2.28. The Kier molecular flexibility index (Phi) is 3.67. The van der Waals surface area contributed by atoms with Gasteiger partial charge in [-0.1, -0.05) is 18.1 Å². The molecule has 0 aliphatic heterocycles. The molecular formula is C15H15N3O. The van der Waals surface area contributed by atoms with Crippen molar-refractivity contribution < 1.29 is 4.79 Å². The minimum Gasteiger partial charge on any atom is -0.321 e. The summed E-state index contributed by atoms with van der Waals surface area (Å²) in [7, 11) is 0. The van der Waals surface area contributed by atoms with Gasteiger partial charge in [0.25, 0.3) is 5.91 Å². The molecule has 0 aliphatic carbocycles. The molecule has 1 aromatic carbocycles. The topological polar surface area (TPSA) is 46.9 Å². The predicted molar refractivity (Wildman–Crippen MR) is 74.9 cm³/mol. The van der Waals surface area contributed by atoms with Crippen LogP contribution in [0.5, 0.6) is 0 Å². The van der Waals surface area contributed by atoms with Crippen LogP contribution >= 0.6 is 0 Å². The quantitative estimate of drug-likeness (QED) is 0.854. The van der Waals surface area contributed by atoms with Crippen LogP contribution in [0.3, 0.4) is 0 Å². The van der Waals surface area contributed by atoms with Crippen LogP contribution in [0.15, 0.2) is 30.3 Å². The molecule has 0 saturated heterocycles. The third-order valence-corrected chi connectivity index (χ3v) is 2.65. The van der Waals surface area contributed by atoms with E-state index < -0.39 is 0 Å². The lowest BCUT2D eigenvalue weighted by Crippen LogP contribution is -2.17. The molecule has 1 aromatic heterocycles. The van der Waals surface area contributed by atoms with Crippen LogP contribution in [0.4, 0.5) is 5.69 Å². The lowest BCUT2D eigenvalue weighted by Gasteiger charge is -2.06. The molecule has 0 bridgehead atoms. The van der Waals surface area contributed by atoms with Gasteiger partial charge in [-0.05, 0) is 37.6 Å². The van der Waals surface area contributed by atoms with E-state index in [1.165, 1.54) is 4.68 Å². The summed E-state index contributed by atoms with van der Waals surface area (Å²) < 4.78 is 1.53. The summed E-state index contributed by atoms with van der Waals surface area (Å²) in [5, 5.41) is 7.04. The zero-order chi connectivity index (χ0) is 13.8. The SMILES string of the molecule is C#CCn1nc(C)cc1C(=O)Nc1cccc(C)c1. The van der Waals surface area contributed by atoms with E-state index in [9.17, 15) is 4.79 Å². The summed E-state index contributed by atoms with van der Waals surface area (Å²) in [6, 6.07) is 9.35. The summed E-state index contributed by atoms with van der Waals surface area (Å²) in [6.45, 7) is 4.09. The smallest absolute Gasteiger partial charge is 0.273 e. The molecule has 96 valence electrons. The van der Waals surface area contributed by atoms with Crippen LogP contribution in [0, 0.1) is 26.2 Å². The molecule has 4 heteroatoms. The number of rotatable bonds is 3. The van der Waals surface area contributed by atoms with Gasteiger partial charge in [0.15, 0.2) is 0 Å². The molecule has 0 fully saturated rings. The monoisotopic (exact) mass is 253 g/mol. The number of nitrogens with zero attached hydrogens (tertiary/aromatic N) is 2. The average molecular weight is 253 g/mol. The van der Waals surface area contributed by atoms with E-state index >= 15 is 0 Å². The molecule has 1 amide bonds. The van der Waals surface area contributed by atoms with Crippen molar-refractivity contribution in [1.29, 1.82) is 0 Å². The van der Waals surface area contributed by atoms with E-state index in [0.717, 1.165) is 16.9 Å². The molecule has 1 N–H and O–H groups in total. The highest BCUT2D eigenvalue weighted by molar-refractivity contribution is 6.03. The Morgan fingerprint density at radius 2 is 2.21 bits per heavy atom. The Hall–Kier alpha value is -2.54. The third kappa shape index (κ3) is 3.02. The number of amides is 1. The van der Waals surface area contributed by atoms with Gasteiger partial charge in [-0.2, -0.15) is 5.10 Å². The minimum absolute atomic E-state index is 0.207. The van der Waals surface area contributed by atoms with Gasteiger partial charge < -0.3 is 5.32 Å². The molecule has 0 aliphatic rings. The number of carbonyl (C=O) groups excluding carboxylic acids is 1. The highest BCUT2D eigenvalue weighted by atomic mass is 16.2. The Morgan fingerprint density at radius 1 is 1.42 bits per heavy atom. The number of terminal acetylenes is 1. The van der Waals surface area contributed by atoms with Crippen LogP contribution in [-0.4, -0.2) is 15.7 Å². The highest BCUT2D eigenvalue weighted by Crippen LogP contribution is 2.12. The molecule has 4 nitrogen and oxygen atoms in total. The Balaban J connectivity index is 2.23. The van der Waals surface area contributed by atoms with E-state index in [4.69, 9.17) is 6.42 Å². The fourth-order valence-electron chi connectivity index (χ4n) is 1.85. The standard InChI is InChI=1S/C15H15N3O/c1-4-8-18-14(10-12(3)17-18)15(19)16-13-7-5-6-11(2)9-13/h1,5-7,9-10H,8H2,2-3H3,(H,16,19). The molecule has 0 radical (unpaired) electrons. The second-order valence-corrected chi connectivity index (χ2v) is 4.36. The van der Waals surface area contributed by atoms with Gasteiger partial charge in [-0.15, -0.1) is 6.42 Å². The van der Waals surface area contributed by atoms with Crippen LogP contribution in [0.25, 0.3) is 0 Å². The van der Waals surface area contributed by atoms with Crippen molar-refractivity contribution in [2.75, 3.05) is 5.32 Å². The van der Waals surface area contributed by atoms with Crippen LogP contribution in [-0.2, 0) is 6.54 Å². The number of hydrogen-bond donors (Lipinski definition) is 1. The first kappa shape index (κ1) is 12.9. The first-order valence-corrected chi connectivity index (χ1v) is 5.96. The summed E-state index contributed by atoms with van der Waals surface area (Å²) in [4.78, 5) is 12.2. The molecule has 1 heterocycles. The normalized spacial score (nSPS) is 9.95. The fourth-order valence-corrected chi connectivity index (χ4v) is 1.85. The number of anilines is 1. The van der Waals surface area contributed by atoms with Crippen LogP contribution < -0.4 is 5.32 Å². The first-order chi connectivity index (χ1) is 9.10. The molecule has 2 rings (SSSR count). The van der Waals surface area contributed by atoms with Gasteiger partial charge in [0.05, 0.1) is 5.69 Å². The van der Waals surface area contributed by atoms with E-state index in [1.54, 1.807) is 6.07 Å². The van der Waals surface area contributed by atoms with Crippen LogP contribution in [0.2, 0.25) is 0 Å². The number of hydrogen-bond acceptors (Lipinski definition) is 2. The second-order valence-electron chi connectivity index (χ2n) is 4.36. The van der Waals surface area contributed by atoms with Gasteiger partial charge in [0.2, 0.25) is 0 Å². The molecule has 19 heavy (non-hydrogen) atoms. The van der Waals surface area contributed by atoms with E-state index in [2.05, 4.69) is 16.3 Å². The summed E-state index contributed by atoms with van der Waals surface area (Å²) in [5.41, 5.74) is 3.09. The number of aryl methyl sites for hydroxylation is 2. The van der Waals surface area contributed by atoms with Gasteiger partial charge >= 0.3 is 0 Å². The fraction of sp³-hybridized carbons (Fsp3) is 0.200. The van der Waals surface area contributed by atoms with E-state index in [0.29, 0.717) is 5.69 Å². The number of nitrogens with one attached hydrogen (secondary N) is 1. The lowest BCUT2D eigenvalue weighted by molar-refractivity contribution is 0.101. The van der Waals surface area contributed by atoms with E-state index in [-0.39, 0.29) is 12.5 Å². The zero-order valence-electron chi connectivity index (χ0n) is 11.0. The molecule has 0 saturated carbocycles. The predicted octanol–water partition coefficient (Wildman–Crippen LogP) is 2.39. The van der Waals surface area contributed by atoms with Crippen molar-refractivity contribution >= 4 is 11.6 Å². The highest BCUT2D eigenvalue weighted by Gasteiger charge is 2.13. The lowest BCUT2D eigenvalue weighted by atomic mass is 10.2. The molecular weight excluding hydrogens is 238 g/mol. The number of aromatic nitrogens is 2. The van der Waals surface area contributed by atoms with Crippen molar-refractivity contribution in [2.45, 2.75) is 20.4 Å². The maximum atomic E-state index is 12.2. The molecule has 0 spiro atoms. The molecule has 0 atom stereocenters.